The van der Waals surface area contributed by atoms with E-state index in [4.69, 9.17) is 15.2 Å². The highest BCUT2D eigenvalue weighted by molar-refractivity contribution is 5.84. The first kappa shape index (κ1) is 19.8. The summed E-state index contributed by atoms with van der Waals surface area (Å²) in [4.78, 5) is 4.55. The highest BCUT2D eigenvalue weighted by Crippen LogP contribution is 2.32. The minimum atomic E-state index is -0.892. The quantitative estimate of drug-likeness (QED) is 0.343. The van der Waals surface area contributed by atoms with E-state index in [9.17, 15) is 9.50 Å². The fourth-order valence-corrected chi connectivity index (χ4v) is 3.28. The SMILES string of the molecule is CC(C)(O)CCC(=N)n1cc(-c2c(-c3ccc(F)cc3)nc3occn23)ccc1=N. The lowest BCUT2D eigenvalue weighted by Crippen LogP contribution is -2.28. The predicted molar refractivity (Wildman–Crippen MR) is 111 cm³/mol. The van der Waals surface area contributed by atoms with E-state index in [1.807, 2.05) is 0 Å². The molecule has 7 nitrogen and oxygen atoms in total. The monoisotopic (exact) mass is 407 g/mol. The lowest BCUT2D eigenvalue weighted by Gasteiger charge is -2.18. The summed E-state index contributed by atoms with van der Waals surface area (Å²) in [5.74, 6) is 0.267. The third kappa shape index (κ3) is 3.81. The smallest absolute Gasteiger partial charge is 0.306 e. The second kappa shape index (κ2) is 7.38. The van der Waals surface area contributed by atoms with E-state index in [-0.39, 0.29) is 17.1 Å². The van der Waals surface area contributed by atoms with E-state index in [0.717, 1.165) is 16.8 Å². The zero-order chi connectivity index (χ0) is 21.5. The van der Waals surface area contributed by atoms with Crippen LogP contribution in [0.4, 0.5) is 4.39 Å². The van der Waals surface area contributed by atoms with Crippen molar-refractivity contribution >= 4 is 11.7 Å². The Kier molecular flexibility index (Phi) is 4.87. The van der Waals surface area contributed by atoms with Crippen LogP contribution < -0.4 is 5.49 Å². The number of benzene rings is 1. The van der Waals surface area contributed by atoms with Crippen molar-refractivity contribution in [3.63, 3.8) is 0 Å². The van der Waals surface area contributed by atoms with Crippen LogP contribution in [0.15, 0.2) is 59.5 Å². The zero-order valence-electron chi connectivity index (χ0n) is 16.7. The number of fused-ring (bicyclic) bond motifs is 1. The molecule has 30 heavy (non-hydrogen) atoms. The number of pyridine rings is 1. The normalized spacial score (nSPS) is 11.9. The number of nitrogens with one attached hydrogen (secondary N) is 2. The van der Waals surface area contributed by atoms with Gasteiger partial charge in [-0.25, -0.2) is 4.39 Å². The van der Waals surface area contributed by atoms with Crippen molar-refractivity contribution < 1.29 is 13.9 Å². The zero-order valence-corrected chi connectivity index (χ0v) is 16.7. The number of hydrogen-bond acceptors (Lipinski definition) is 5. The second-order valence-corrected chi connectivity index (χ2v) is 7.80. The summed E-state index contributed by atoms with van der Waals surface area (Å²) < 4.78 is 22.1. The van der Waals surface area contributed by atoms with Gasteiger partial charge in [0.2, 0.25) is 0 Å². The number of oxazole rings is 1. The average molecular weight is 407 g/mol. The number of aliphatic hydroxyl groups is 1. The van der Waals surface area contributed by atoms with Gasteiger partial charge in [-0.3, -0.25) is 19.8 Å². The highest BCUT2D eigenvalue weighted by atomic mass is 19.1. The number of aromatic nitrogens is 3. The highest BCUT2D eigenvalue weighted by Gasteiger charge is 2.19. The van der Waals surface area contributed by atoms with Crippen molar-refractivity contribution in [3.05, 3.63) is 66.4 Å². The van der Waals surface area contributed by atoms with Crippen LogP contribution in [0.5, 0.6) is 0 Å². The van der Waals surface area contributed by atoms with E-state index in [2.05, 4.69) is 4.98 Å². The summed E-state index contributed by atoms with van der Waals surface area (Å²) in [6.45, 7) is 3.39. The minimum Gasteiger partial charge on any atom is -0.432 e. The van der Waals surface area contributed by atoms with Crippen LogP contribution in [0.1, 0.15) is 26.7 Å². The average Bonchev–Trinajstić information content (AvgIpc) is 3.28. The summed E-state index contributed by atoms with van der Waals surface area (Å²) in [5.41, 5.74) is 2.06. The fourth-order valence-electron chi connectivity index (χ4n) is 3.28. The van der Waals surface area contributed by atoms with Crippen LogP contribution in [-0.4, -0.2) is 30.5 Å². The molecule has 0 saturated heterocycles. The first-order chi connectivity index (χ1) is 14.2. The van der Waals surface area contributed by atoms with Crippen molar-refractivity contribution in [2.24, 2.45) is 0 Å². The van der Waals surface area contributed by atoms with Gasteiger partial charge in [-0.1, -0.05) is 0 Å². The van der Waals surface area contributed by atoms with Crippen molar-refractivity contribution in [1.82, 2.24) is 14.0 Å². The van der Waals surface area contributed by atoms with Crippen LogP contribution in [0.25, 0.3) is 28.4 Å². The van der Waals surface area contributed by atoms with Crippen molar-refractivity contribution in [2.75, 3.05) is 0 Å². The Balaban J connectivity index is 1.82. The van der Waals surface area contributed by atoms with Gasteiger partial charge in [0.05, 0.1) is 11.3 Å². The summed E-state index contributed by atoms with van der Waals surface area (Å²) in [5, 5.41) is 26.6. The van der Waals surface area contributed by atoms with Gasteiger partial charge >= 0.3 is 5.84 Å². The Morgan fingerprint density at radius 2 is 1.87 bits per heavy atom. The van der Waals surface area contributed by atoms with Gasteiger partial charge in [-0.05, 0) is 56.7 Å². The molecule has 0 atom stereocenters. The number of nitrogens with zero attached hydrogens (tertiary/aromatic N) is 3. The molecular formula is C22H22FN5O2. The maximum absolute atomic E-state index is 13.4. The van der Waals surface area contributed by atoms with Gasteiger partial charge < -0.3 is 9.52 Å². The van der Waals surface area contributed by atoms with E-state index in [1.54, 1.807) is 54.9 Å². The standard InChI is InChI=1S/C22H22FN5O2/c1-22(2,29)10-9-18(25)28-13-15(5-8-17(28)24)20-19(14-3-6-16(23)7-4-14)26-21-27(20)11-12-30-21/h3-8,11-13,24-25,29H,9-10H2,1-2H3. The van der Waals surface area contributed by atoms with E-state index < -0.39 is 5.60 Å². The molecule has 8 heteroatoms. The first-order valence-electron chi connectivity index (χ1n) is 9.52. The molecule has 0 aliphatic rings. The maximum Gasteiger partial charge on any atom is 0.306 e. The first-order valence-corrected chi connectivity index (χ1v) is 9.52. The summed E-state index contributed by atoms with van der Waals surface area (Å²) >= 11 is 0. The van der Waals surface area contributed by atoms with E-state index in [0.29, 0.717) is 24.4 Å². The molecule has 1 aromatic carbocycles. The summed E-state index contributed by atoms with van der Waals surface area (Å²) in [7, 11) is 0. The van der Waals surface area contributed by atoms with Crippen molar-refractivity contribution in [2.45, 2.75) is 32.3 Å². The van der Waals surface area contributed by atoms with Gasteiger partial charge in [0, 0.05) is 29.9 Å². The topological polar surface area (TPSA) is 103 Å². The molecule has 0 aliphatic carbocycles. The van der Waals surface area contributed by atoms with Crippen LogP contribution >= 0.6 is 0 Å². The molecule has 0 fully saturated rings. The molecule has 0 radical (unpaired) electrons. The summed E-state index contributed by atoms with van der Waals surface area (Å²) in [6, 6.07) is 9.45. The number of halogens is 1. The Labute approximate surface area is 172 Å². The Hall–Kier alpha value is -3.52. The van der Waals surface area contributed by atoms with Crippen LogP contribution in [0.3, 0.4) is 0 Å². The lowest BCUT2D eigenvalue weighted by atomic mass is 10.0. The molecule has 4 aromatic rings. The van der Waals surface area contributed by atoms with E-state index in [1.165, 1.54) is 23.0 Å². The number of imidazole rings is 1. The molecule has 3 N–H and O–H groups in total. The van der Waals surface area contributed by atoms with Gasteiger partial charge in [0.15, 0.2) is 0 Å². The molecule has 0 unspecified atom stereocenters. The predicted octanol–water partition coefficient (Wildman–Crippen LogP) is 4.06. The minimum absolute atomic E-state index is 0.163. The molecule has 0 bridgehead atoms. The van der Waals surface area contributed by atoms with Gasteiger partial charge in [-0.2, -0.15) is 4.98 Å². The van der Waals surface area contributed by atoms with Crippen LogP contribution in [0, 0.1) is 16.6 Å². The molecular weight excluding hydrogens is 385 g/mol. The molecule has 3 heterocycles. The third-order valence-electron chi connectivity index (χ3n) is 4.87. The number of hydrogen-bond donors (Lipinski definition) is 3. The van der Waals surface area contributed by atoms with E-state index >= 15 is 0 Å². The third-order valence-corrected chi connectivity index (χ3v) is 4.87. The molecule has 0 amide bonds. The molecule has 154 valence electrons. The van der Waals surface area contributed by atoms with Crippen molar-refractivity contribution in [3.8, 4) is 22.5 Å². The van der Waals surface area contributed by atoms with Gasteiger partial charge in [-0.15, -0.1) is 0 Å². The fraction of sp³-hybridized carbons (Fsp3) is 0.227. The Morgan fingerprint density at radius 3 is 2.57 bits per heavy atom. The molecule has 0 aliphatic heterocycles. The van der Waals surface area contributed by atoms with Crippen molar-refractivity contribution in [1.29, 1.82) is 10.8 Å². The van der Waals surface area contributed by atoms with Crippen LogP contribution in [-0.2, 0) is 0 Å². The summed E-state index contributed by atoms with van der Waals surface area (Å²) in [6.07, 6.45) is 5.70. The molecule has 4 rings (SSSR count). The Bertz CT molecular complexity index is 1280. The molecule has 0 saturated carbocycles. The Morgan fingerprint density at radius 1 is 1.17 bits per heavy atom. The second-order valence-electron chi connectivity index (χ2n) is 7.80. The molecule has 0 spiro atoms. The molecule has 3 aromatic heterocycles. The van der Waals surface area contributed by atoms with Gasteiger partial charge in [0.25, 0.3) is 0 Å². The lowest BCUT2D eigenvalue weighted by molar-refractivity contribution is 0.0730. The number of rotatable bonds is 5. The van der Waals surface area contributed by atoms with Crippen LogP contribution in [0.2, 0.25) is 0 Å². The maximum atomic E-state index is 13.4. The van der Waals surface area contributed by atoms with Gasteiger partial charge in [0.1, 0.15) is 29.1 Å². The largest absolute Gasteiger partial charge is 0.432 e.